The quantitative estimate of drug-likeness (QED) is 0.883. The minimum Gasteiger partial charge on any atom is -0.377 e. The predicted molar refractivity (Wildman–Crippen MR) is 65.7 cm³/mol. The highest BCUT2D eigenvalue weighted by atomic mass is 79.9. The molecule has 1 unspecified atom stereocenters. The Hall–Kier alpha value is -0.610. The second-order valence-corrected chi connectivity index (χ2v) is 5.23. The summed E-state index contributed by atoms with van der Waals surface area (Å²) in [5.74, 6) is 0.711. The standard InChI is InChI=1S/C11H16BrN3/c1-11(7-13,8-2-3-8)15-10-4-5-14-6-9(10)12/h4-6,8H,2-3,7,13H2,1H3,(H,14,15). The molecule has 1 saturated carbocycles. The largest absolute Gasteiger partial charge is 0.377 e. The van der Waals surface area contributed by atoms with E-state index in [1.807, 2.05) is 6.07 Å². The Morgan fingerprint density at radius 2 is 2.40 bits per heavy atom. The van der Waals surface area contributed by atoms with Crippen LogP contribution in [0.1, 0.15) is 19.8 Å². The lowest BCUT2D eigenvalue weighted by molar-refractivity contribution is 0.459. The lowest BCUT2D eigenvalue weighted by Crippen LogP contribution is -2.44. The molecule has 1 fully saturated rings. The zero-order chi connectivity index (χ0) is 10.9. The molecule has 4 heteroatoms. The number of aromatic nitrogens is 1. The van der Waals surface area contributed by atoms with Crippen molar-refractivity contribution in [2.24, 2.45) is 11.7 Å². The molecule has 0 aliphatic heterocycles. The average molecular weight is 270 g/mol. The summed E-state index contributed by atoms with van der Waals surface area (Å²) < 4.78 is 0.991. The van der Waals surface area contributed by atoms with Gasteiger partial charge in [-0.2, -0.15) is 0 Å². The van der Waals surface area contributed by atoms with E-state index in [9.17, 15) is 0 Å². The first-order chi connectivity index (χ1) is 7.15. The zero-order valence-electron chi connectivity index (χ0n) is 8.83. The molecule has 15 heavy (non-hydrogen) atoms. The fourth-order valence-corrected chi connectivity index (χ4v) is 2.17. The minimum atomic E-state index is 0.0177. The molecule has 0 saturated heterocycles. The van der Waals surface area contributed by atoms with E-state index in [0.717, 1.165) is 10.2 Å². The molecule has 1 aromatic rings. The number of rotatable bonds is 4. The van der Waals surface area contributed by atoms with Crippen molar-refractivity contribution < 1.29 is 0 Å². The minimum absolute atomic E-state index is 0.0177. The van der Waals surface area contributed by atoms with Crippen LogP contribution in [0.15, 0.2) is 22.9 Å². The van der Waals surface area contributed by atoms with Gasteiger partial charge in [-0.3, -0.25) is 4.98 Å². The molecular formula is C11H16BrN3. The number of anilines is 1. The number of halogens is 1. The molecule has 1 atom stereocenters. The van der Waals surface area contributed by atoms with Crippen LogP contribution >= 0.6 is 15.9 Å². The summed E-state index contributed by atoms with van der Waals surface area (Å²) in [5, 5.41) is 3.52. The molecular weight excluding hydrogens is 254 g/mol. The maximum Gasteiger partial charge on any atom is 0.0590 e. The Kier molecular flexibility index (Phi) is 2.98. The van der Waals surface area contributed by atoms with Gasteiger partial charge >= 0.3 is 0 Å². The molecule has 0 radical (unpaired) electrons. The molecule has 0 spiro atoms. The molecule has 1 aliphatic rings. The number of hydrogen-bond donors (Lipinski definition) is 2. The van der Waals surface area contributed by atoms with Crippen LogP contribution in [0, 0.1) is 5.92 Å². The fourth-order valence-electron chi connectivity index (χ4n) is 1.82. The summed E-state index contributed by atoms with van der Waals surface area (Å²) in [5.41, 5.74) is 6.94. The molecule has 3 N–H and O–H groups in total. The highest BCUT2D eigenvalue weighted by Crippen LogP contribution is 2.41. The van der Waals surface area contributed by atoms with Crippen molar-refractivity contribution in [2.75, 3.05) is 11.9 Å². The summed E-state index contributed by atoms with van der Waals surface area (Å²) in [6.07, 6.45) is 6.15. The Labute approximate surface area is 98.6 Å². The van der Waals surface area contributed by atoms with Gasteiger partial charge in [0.25, 0.3) is 0 Å². The van der Waals surface area contributed by atoms with Crippen molar-refractivity contribution in [3.8, 4) is 0 Å². The monoisotopic (exact) mass is 269 g/mol. The lowest BCUT2D eigenvalue weighted by atomic mass is 9.95. The van der Waals surface area contributed by atoms with Crippen LogP contribution in [0.5, 0.6) is 0 Å². The van der Waals surface area contributed by atoms with E-state index in [-0.39, 0.29) is 5.54 Å². The molecule has 1 aliphatic carbocycles. The maximum absolute atomic E-state index is 5.85. The first kappa shape index (κ1) is 10.9. The fraction of sp³-hybridized carbons (Fsp3) is 0.545. The molecule has 0 aromatic carbocycles. The van der Waals surface area contributed by atoms with E-state index in [2.05, 4.69) is 33.2 Å². The van der Waals surface area contributed by atoms with Gasteiger partial charge in [-0.05, 0) is 47.7 Å². The third-order valence-electron chi connectivity index (χ3n) is 3.10. The highest BCUT2D eigenvalue weighted by Gasteiger charge is 2.40. The summed E-state index contributed by atoms with van der Waals surface area (Å²) in [6, 6.07) is 1.97. The second-order valence-electron chi connectivity index (χ2n) is 4.38. The number of nitrogens with zero attached hydrogens (tertiary/aromatic N) is 1. The van der Waals surface area contributed by atoms with E-state index in [1.165, 1.54) is 12.8 Å². The Morgan fingerprint density at radius 3 is 2.93 bits per heavy atom. The lowest BCUT2D eigenvalue weighted by Gasteiger charge is -2.31. The van der Waals surface area contributed by atoms with Crippen LogP contribution in [0.3, 0.4) is 0 Å². The summed E-state index contributed by atoms with van der Waals surface area (Å²) in [7, 11) is 0. The smallest absolute Gasteiger partial charge is 0.0590 e. The van der Waals surface area contributed by atoms with Crippen molar-refractivity contribution in [3.63, 3.8) is 0 Å². The molecule has 3 nitrogen and oxygen atoms in total. The molecule has 1 heterocycles. The van der Waals surface area contributed by atoms with Crippen molar-refractivity contribution in [2.45, 2.75) is 25.3 Å². The highest BCUT2D eigenvalue weighted by molar-refractivity contribution is 9.10. The van der Waals surface area contributed by atoms with Gasteiger partial charge in [-0.25, -0.2) is 0 Å². The van der Waals surface area contributed by atoms with E-state index in [0.29, 0.717) is 12.5 Å². The predicted octanol–water partition coefficient (Wildman–Crippen LogP) is 2.38. The van der Waals surface area contributed by atoms with Gasteiger partial charge in [0.2, 0.25) is 0 Å². The van der Waals surface area contributed by atoms with Crippen molar-refractivity contribution >= 4 is 21.6 Å². The van der Waals surface area contributed by atoms with Crippen LogP contribution in [0.25, 0.3) is 0 Å². The van der Waals surface area contributed by atoms with Gasteiger partial charge in [0.1, 0.15) is 0 Å². The van der Waals surface area contributed by atoms with Crippen LogP contribution in [0.4, 0.5) is 5.69 Å². The first-order valence-corrected chi connectivity index (χ1v) is 6.03. The Bertz CT molecular complexity index is 351. The third-order valence-corrected chi connectivity index (χ3v) is 3.73. The van der Waals surface area contributed by atoms with Gasteiger partial charge in [-0.1, -0.05) is 0 Å². The van der Waals surface area contributed by atoms with Gasteiger partial charge in [0.15, 0.2) is 0 Å². The molecule has 1 aromatic heterocycles. The number of hydrogen-bond acceptors (Lipinski definition) is 3. The topological polar surface area (TPSA) is 50.9 Å². The van der Waals surface area contributed by atoms with E-state index >= 15 is 0 Å². The normalized spacial score (nSPS) is 19.7. The van der Waals surface area contributed by atoms with Crippen LogP contribution in [0.2, 0.25) is 0 Å². The van der Waals surface area contributed by atoms with Crippen LogP contribution < -0.4 is 11.1 Å². The maximum atomic E-state index is 5.85. The van der Waals surface area contributed by atoms with Crippen molar-refractivity contribution in [1.82, 2.24) is 4.98 Å². The summed E-state index contributed by atoms with van der Waals surface area (Å²) >= 11 is 3.48. The van der Waals surface area contributed by atoms with Crippen LogP contribution in [-0.4, -0.2) is 17.1 Å². The van der Waals surface area contributed by atoms with E-state index in [1.54, 1.807) is 12.4 Å². The Morgan fingerprint density at radius 1 is 1.67 bits per heavy atom. The van der Waals surface area contributed by atoms with Crippen LogP contribution in [-0.2, 0) is 0 Å². The Balaban J connectivity index is 2.16. The second kappa shape index (κ2) is 4.10. The van der Waals surface area contributed by atoms with Crippen molar-refractivity contribution in [3.05, 3.63) is 22.9 Å². The summed E-state index contributed by atoms with van der Waals surface area (Å²) in [4.78, 5) is 4.04. The zero-order valence-corrected chi connectivity index (χ0v) is 10.4. The average Bonchev–Trinajstić information content (AvgIpc) is 3.05. The first-order valence-electron chi connectivity index (χ1n) is 5.23. The summed E-state index contributed by atoms with van der Waals surface area (Å²) in [6.45, 7) is 2.85. The molecule has 0 amide bonds. The molecule has 0 bridgehead atoms. The van der Waals surface area contributed by atoms with Gasteiger partial charge in [-0.15, -0.1) is 0 Å². The number of nitrogens with one attached hydrogen (secondary N) is 1. The van der Waals surface area contributed by atoms with Gasteiger partial charge in [0, 0.05) is 24.5 Å². The molecule has 82 valence electrons. The van der Waals surface area contributed by atoms with Gasteiger partial charge < -0.3 is 11.1 Å². The SMILES string of the molecule is CC(CN)(Nc1ccncc1Br)C1CC1. The van der Waals surface area contributed by atoms with E-state index < -0.39 is 0 Å². The number of pyridine rings is 1. The molecule has 2 rings (SSSR count). The van der Waals surface area contributed by atoms with Gasteiger partial charge in [0.05, 0.1) is 10.2 Å². The van der Waals surface area contributed by atoms with E-state index in [4.69, 9.17) is 5.73 Å². The number of nitrogens with two attached hydrogens (primary N) is 1. The van der Waals surface area contributed by atoms with Crippen molar-refractivity contribution in [1.29, 1.82) is 0 Å². The third kappa shape index (κ3) is 2.32.